The number of aromatic nitrogens is 1. The fraction of sp³-hybridized carbons (Fsp3) is 0.727. The van der Waals surface area contributed by atoms with Gasteiger partial charge in [0.1, 0.15) is 11.5 Å². The van der Waals surface area contributed by atoms with Crippen LogP contribution in [-0.2, 0) is 23.7 Å². The number of ether oxygens (including phenoxy) is 5. The number of Topliss-reactive ketones (excluding diaryl/α,β-unsaturated/α-hetero) is 1. The van der Waals surface area contributed by atoms with Gasteiger partial charge in [0, 0.05) is 21.0 Å². The minimum atomic E-state index is -0.0642. The number of hydrogen-bond acceptors (Lipinski definition) is 8. The fourth-order valence-corrected chi connectivity index (χ4v) is 2.12. The molecule has 0 bridgehead atoms. The van der Waals surface area contributed by atoms with Crippen molar-refractivity contribution in [3.8, 4) is 0 Å². The molecule has 8 nitrogen and oxygen atoms in total. The largest absolute Gasteiger partial charge is 0.382 e. The molecule has 1 aromatic heterocycles. The number of ketones is 1. The molecule has 1 N–H and O–H groups in total. The zero-order valence-corrected chi connectivity index (χ0v) is 19.3. The zero-order valence-electron chi connectivity index (χ0n) is 19.3. The molecule has 0 saturated carbocycles. The highest BCUT2D eigenvalue weighted by atomic mass is 16.6. The Morgan fingerprint density at radius 1 is 0.900 bits per heavy atom. The van der Waals surface area contributed by atoms with Crippen LogP contribution in [0.3, 0.4) is 0 Å². The molecule has 0 aliphatic carbocycles. The molecular weight excluding hydrogens is 388 g/mol. The highest BCUT2D eigenvalue weighted by molar-refractivity contribution is 5.95. The van der Waals surface area contributed by atoms with Gasteiger partial charge in [-0.25, -0.2) is 4.98 Å². The van der Waals surface area contributed by atoms with Crippen LogP contribution in [0.1, 0.15) is 39.6 Å². The quantitative estimate of drug-likeness (QED) is 0.280. The maximum absolute atomic E-state index is 12.0. The molecule has 0 unspecified atom stereocenters. The van der Waals surface area contributed by atoms with E-state index in [1.165, 1.54) is 0 Å². The van der Waals surface area contributed by atoms with Crippen LogP contribution in [0.5, 0.6) is 0 Å². The van der Waals surface area contributed by atoms with Gasteiger partial charge in [0.15, 0.2) is 5.78 Å². The smallest absolute Gasteiger partial charge is 0.183 e. The standard InChI is InChI=1S/C20H34N2O6.C2H6.H2/c1-17(2)20(23)18-5-4-6-19(22-18)21-7-8-25-11-12-27-15-16-28-14-13-26-10-9-24-3;1-2;/h4-6,17H,7-16H2,1-3H3,(H,21,22);1-2H3;1H. The maximum atomic E-state index is 12.0. The highest BCUT2D eigenvalue weighted by Gasteiger charge is 2.11. The second-order valence-corrected chi connectivity index (χ2v) is 6.30. The van der Waals surface area contributed by atoms with Crippen molar-refractivity contribution in [1.29, 1.82) is 0 Å². The van der Waals surface area contributed by atoms with Crippen molar-refractivity contribution < 1.29 is 29.9 Å². The topological polar surface area (TPSA) is 88.1 Å². The van der Waals surface area contributed by atoms with E-state index in [1.807, 2.05) is 39.8 Å². The lowest BCUT2D eigenvalue weighted by Crippen LogP contribution is -2.16. The third-order valence-electron chi connectivity index (χ3n) is 3.63. The molecule has 1 rings (SSSR count). The van der Waals surface area contributed by atoms with Crippen LogP contribution >= 0.6 is 0 Å². The summed E-state index contributed by atoms with van der Waals surface area (Å²) in [5.74, 6) is 0.653. The normalized spacial score (nSPS) is 10.6. The average Bonchev–Trinajstić information content (AvgIpc) is 2.77. The number of carbonyl (C=O) groups excluding carboxylic acids is 1. The summed E-state index contributed by atoms with van der Waals surface area (Å²) in [5, 5.41) is 3.15. The first-order valence-corrected chi connectivity index (χ1v) is 10.7. The molecule has 0 aliphatic rings. The second kappa shape index (κ2) is 20.7. The average molecular weight is 431 g/mol. The van der Waals surface area contributed by atoms with E-state index < -0.39 is 0 Å². The summed E-state index contributed by atoms with van der Waals surface area (Å²) < 4.78 is 26.5. The maximum Gasteiger partial charge on any atom is 0.183 e. The van der Waals surface area contributed by atoms with Gasteiger partial charge in [0.05, 0.1) is 59.5 Å². The van der Waals surface area contributed by atoms with Crippen molar-refractivity contribution in [3.05, 3.63) is 23.9 Å². The number of methoxy groups -OCH3 is 1. The molecule has 0 atom stereocenters. The van der Waals surface area contributed by atoms with Crippen molar-refractivity contribution >= 4 is 11.6 Å². The number of rotatable bonds is 18. The van der Waals surface area contributed by atoms with E-state index in [0.29, 0.717) is 77.5 Å². The van der Waals surface area contributed by atoms with Gasteiger partial charge in [-0.3, -0.25) is 4.79 Å². The Balaban J connectivity index is 0. The first kappa shape index (κ1) is 28.4. The van der Waals surface area contributed by atoms with Crippen molar-refractivity contribution in [2.24, 2.45) is 5.92 Å². The van der Waals surface area contributed by atoms with Gasteiger partial charge in [0.2, 0.25) is 0 Å². The number of carbonyl (C=O) groups is 1. The van der Waals surface area contributed by atoms with Gasteiger partial charge in [-0.1, -0.05) is 33.8 Å². The monoisotopic (exact) mass is 430 g/mol. The van der Waals surface area contributed by atoms with Crippen molar-refractivity contribution in [3.63, 3.8) is 0 Å². The highest BCUT2D eigenvalue weighted by Crippen LogP contribution is 2.09. The molecule has 0 amide bonds. The predicted molar refractivity (Wildman–Crippen MR) is 121 cm³/mol. The third-order valence-corrected chi connectivity index (χ3v) is 3.63. The minimum Gasteiger partial charge on any atom is -0.382 e. The lowest BCUT2D eigenvalue weighted by atomic mass is 10.1. The molecule has 1 heterocycles. The third kappa shape index (κ3) is 15.3. The van der Waals surface area contributed by atoms with Gasteiger partial charge in [-0.05, 0) is 12.1 Å². The summed E-state index contributed by atoms with van der Waals surface area (Å²) in [4.78, 5) is 16.3. The molecule has 0 fully saturated rings. The molecule has 0 spiro atoms. The Bertz CT molecular complexity index is 534. The Morgan fingerprint density at radius 2 is 1.40 bits per heavy atom. The van der Waals surface area contributed by atoms with Gasteiger partial charge >= 0.3 is 0 Å². The zero-order chi connectivity index (χ0) is 22.5. The number of hydrogen-bond donors (Lipinski definition) is 1. The number of nitrogens with one attached hydrogen (secondary N) is 1. The molecule has 8 heteroatoms. The molecule has 176 valence electrons. The molecule has 0 aliphatic heterocycles. The molecular formula is C22H42N2O6. The molecule has 0 aromatic carbocycles. The number of nitrogens with zero attached hydrogens (tertiary/aromatic N) is 1. The van der Waals surface area contributed by atoms with E-state index in [1.54, 1.807) is 13.2 Å². The van der Waals surface area contributed by atoms with Gasteiger partial charge in [-0.15, -0.1) is 0 Å². The van der Waals surface area contributed by atoms with Crippen LogP contribution in [0.2, 0.25) is 0 Å². The Kier molecular flexibility index (Phi) is 19.6. The first-order chi connectivity index (χ1) is 14.6. The van der Waals surface area contributed by atoms with Crippen molar-refractivity contribution in [2.45, 2.75) is 27.7 Å². The van der Waals surface area contributed by atoms with Crippen LogP contribution in [0.15, 0.2) is 18.2 Å². The SMILES string of the molecule is CC.COCCOCCOCCOCCOCCNc1cccc(C(=O)C(C)C)n1.[HH]. The summed E-state index contributed by atoms with van der Waals surface area (Å²) in [7, 11) is 1.64. The molecule has 30 heavy (non-hydrogen) atoms. The lowest BCUT2D eigenvalue weighted by Gasteiger charge is -2.09. The first-order valence-electron chi connectivity index (χ1n) is 10.7. The fourth-order valence-electron chi connectivity index (χ4n) is 2.12. The van der Waals surface area contributed by atoms with Crippen molar-refractivity contribution in [2.75, 3.05) is 78.4 Å². The summed E-state index contributed by atoms with van der Waals surface area (Å²) in [6, 6.07) is 5.40. The van der Waals surface area contributed by atoms with E-state index >= 15 is 0 Å². The van der Waals surface area contributed by atoms with Gasteiger partial charge in [0.25, 0.3) is 0 Å². The van der Waals surface area contributed by atoms with Gasteiger partial charge < -0.3 is 29.0 Å². The van der Waals surface area contributed by atoms with Crippen LogP contribution in [0.25, 0.3) is 0 Å². The van der Waals surface area contributed by atoms with Crippen LogP contribution in [-0.4, -0.2) is 83.9 Å². The predicted octanol–water partition coefficient (Wildman–Crippen LogP) is 3.32. The Hall–Kier alpha value is -1.58. The lowest BCUT2D eigenvalue weighted by molar-refractivity contribution is -0.00700. The van der Waals surface area contributed by atoms with Gasteiger partial charge in [-0.2, -0.15) is 0 Å². The van der Waals surface area contributed by atoms with E-state index in [9.17, 15) is 4.79 Å². The second-order valence-electron chi connectivity index (χ2n) is 6.30. The minimum absolute atomic E-state index is 0. The van der Waals surface area contributed by atoms with Crippen LogP contribution in [0.4, 0.5) is 5.82 Å². The van der Waals surface area contributed by atoms with Crippen LogP contribution in [0, 0.1) is 5.92 Å². The number of pyridine rings is 1. The van der Waals surface area contributed by atoms with E-state index in [0.717, 1.165) is 0 Å². The van der Waals surface area contributed by atoms with E-state index in [-0.39, 0.29) is 13.1 Å². The Labute approximate surface area is 183 Å². The number of anilines is 1. The summed E-state index contributed by atoms with van der Waals surface area (Å²) in [5.41, 5.74) is 0.484. The van der Waals surface area contributed by atoms with E-state index in [2.05, 4.69) is 10.3 Å². The van der Waals surface area contributed by atoms with Crippen LogP contribution < -0.4 is 5.32 Å². The summed E-state index contributed by atoms with van der Waals surface area (Å²) >= 11 is 0. The molecule has 0 radical (unpaired) electrons. The van der Waals surface area contributed by atoms with Crippen molar-refractivity contribution in [1.82, 2.24) is 4.98 Å². The summed E-state index contributed by atoms with van der Waals surface area (Å²) in [6.45, 7) is 13.3. The summed E-state index contributed by atoms with van der Waals surface area (Å²) in [6.07, 6.45) is 0. The van der Waals surface area contributed by atoms with E-state index in [4.69, 9.17) is 23.7 Å². The molecule has 0 saturated heterocycles. The Morgan fingerprint density at radius 3 is 1.90 bits per heavy atom. The molecule has 1 aromatic rings.